The summed E-state index contributed by atoms with van der Waals surface area (Å²) in [5.74, 6) is 0.920. The lowest BCUT2D eigenvalue weighted by Crippen LogP contribution is -1.97. The zero-order valence-corrected chi connectivity index (χ0v) is 32.7. The first kappa shape index (κ1) is 33.7. The minimum absolute atomic E-state index is 0.878. The Kier molecular flexibility index (Phi) is 7.78. The lowest BCUT2D eigenvalue weighted by Gasteiger charge is -2.18. The summed E-state index contributed by atoms with van der Waals surface area (Å²) < 4.78 is 8.87. The fourth-order valence-electron chi connectivity index (χ4n) is 8.91. The zero-order valence-electron chi connectivity index (χ0n) is 31.8. The van der Waals surface area contributed by atoms with Gasteiger partial charge in [0.25, 0.3) is 0 Å². The van der Waals surface area contributed by atoms with Crippen LogP contribution in [0.5, 0.6) is 0 Å². The number of nitrogens with zero attached hydrogens (tertiary/aromatic N) is 2. The summed E-state index contributed by atoms with van der Waals surface area (Å²) in [6.07, 6.45) is 0. The number of imidazole rings is 1. The van der Waals surface area contributed by atoms with Crippen LogP contribution in [0.4, 0.5) is 0 Å². The van der Waals surface area contributed by atoms with E-state index in [1.807, 2.05) is 17.8 Å². The van der Waals surface area contributed by atoms with E-state index in [0.717, 1.165) is 72.3 Å². The third-order valence-corrected chi connectivity index (χ3v) is 12.8. The molecule has 0 spiro atoms. The Morgan fingerprint density at radius 2 is 0.966 bits per heavy atom. The van der Waals surface area contributed by atoms with E-state index in [-0.39, 0.29) is 0 Å². The van der Waals surface area contributed by atoms with Crippen molar-refractivity contribution in [2.75, 3.05) is 0 Å². The van der Waals surface area contributed by atoms with E-state index in [1.165, 1.54) is 43.2 Å². The van der Waals surface area contributed by atoms with Gasteiger partial charge in [0.2, 0.25) is 0 Å². The predicted octanol–water partition coefficient (Wildman–Crippen LogP) is 15.4. The number of para-hydroxylation sites is 2. The standard InChI is InChI=1S/C55H34N2OS/c1-3-15-35(16-4-1)55-56-49-32-37(28-30-50(49)57(55)38-17-5-2-6-18-38)36-27-29-43-41-21-8-7-19-39(41)40-20-9-10-22-42(40)45-24-12-14-26-53(45)59-54-34-47-44-23-11-13-25-51(44)58-52(47)33-48(54)46(43)31-36/h1-34H. The summed E-state index contributed by atoms with van der Waals surface area (Å²) in [6, 6.07) is 74.1. The van der Waals surface area contributed by atoms with E-state index in [9.17, 15) is 0 Å². The number of aromatic nitrogens is 2. The van der Waals surface area contributed by atoms with Crippen molar-refractivity contribution < 1.29 is 4.42 Å². The monoisotopic (exact) mass is 770 g/mol. The van der Waals surface area contributed by atoms with E-state index >= 15 is 0 Å². The average Bonchev–Trinajstić information content (AvgIpc) is 3.87. The van der Waals surface area contributed by atoms with Crippen LogP contribution in [-0.4, -0.2) is 9.55 Å². The second-order valence-electron chi connectivity index (χ2n) is 15.1. The Labute approximate surface area is 345 Å². The molecule has 12 rings (SSSR count). The molecule has 0 bridgehead atoms. The smallest absolute Gasteiger partial charge is 0.145 e. The van der Waals surface area contributed by atoms with Crippen molar-refractivity contribution in [3.8, 4) is 72.7 Å². The van der Waals surface area contributed by atoms with Crippen LogP contribution in [-0.2, 0) is 0 Å². The first-order chi connectivity index (χ1) is 29.2. The maximum absolute atomic E-state index is 6.61. The van der Waals surface area contributed by atoms with E-state index in [2.05, 4.69) is 205 Å². The predicted molar refractivity (Wildman–Crippen MR) is 245 cm³/mol. The Hall–Kier alpha value is -7.40. The van der Waals surface area contributed by atoms with Crippen molar-refractivity contribution in [3.63, 3.8) is 0 Å². The molecular formula is C55H34N2OS. The maximum atomic E-state index is 6.61. The molecule has 0 radical (unpaired) electrons. The van der Waals surface area contributed by atoms with Crippen molar-refractivity contribution in [2.45, 2.75) is 9.79 Å². The van der Waals surface area contributed by atoms with Crippen molar-refractivity contribution in [1.29, 1.82) is 0 Å². The highest BCUT2D eigenvalue weighted by Crippen LogP contribution is 2.50. The summed E-state index contributed by atoms with van der Waals surface area (Å²) in [4.78, 5) is 7.69. The highest BCUT2D eigenvalue weighted by molar-refractivity contribution is 7.99. The number of benzene rings is 9. The van der Waals surface area contributed by atoms with Gasteiger partial charge in [0.1, 0.15) is 17.0 Å². The van der Waals surface area contributed by atoms with Gasteiger partial charge in [-0.1, -0.05) is 163 Å². The molecule has 276 valence electrons. The van der Waals surface area contributed by atoms with Crippen molar-refractivity contribution >= 4 is 44.7 Å². The molecule has 9 aromatic carbocycles. The van der Waals surface area contributed by atoms with E-state index in [4.69, 9.17) is 9.40 Å². The van der Waals surface area contributed by atoms with Gasteiger partial charge in [0, 0.05) is 31.8 Å². The van der Waals surface area contributed by atoms with E-state index in [1.54, 1.807) is 0 Å². The summed E-state index contributed by atoms with van der Waals surface area (Å²) >= 11 is 1.83. The molecule has 1 aliphatic rings. The van der Waals surface area contributed by atoms with Crippen molar-refractivity contribution in [1.82, 2.24) is 9.55 Å². The van der Waals surface area contributed by atoms with Crippen LogP contribution < -0.4 is 0 Å². The van der Waals surface area contributed by atoms with Gasteiger partial charge in [-0.3, -0.25) is 4.57 Å². The normalized spacial score (nSPS) is 12.0. The van der Waals surface area contributed by atoms with Gasteiger partial charge in [0.05, 0.1) is 11.0 Å². The molecule has 1 aliphatic heterocycles. The van der Waals surface area contributed by atoms with Gasteiger partial charge < -0.3 is 4.42 Å². The molecule has 3 nitrogen and oxygen atoms in total. The topological polar surface area (TPSA) is 31.0 Å². The lowest BCUT2D eigenvalue weighted by atomic mass is 9.85. The van der Waals surface area contributed by atoms with Crippen LogP contribution >= 0.6 is 11.8 Å². The minimum Gasteiger partial charge on any atom is -0.456 e. The van der Waals surface area contributed by atoms with Gasteiger partial charge in [-0.15, -0.1) is 0 Å². The Morgan fingerprint density at radius 3 is 1.73 bits per heavy atom. The molecule has 3 heterocycles. The first-order valence-corrected chi connectivity index (χ1v) is 20.8. The van der Waals surface area contributed by atoms with E-state index in [0.29, 0.717) is 0 Å². The highest BCUT2D eigenvalue weighted by atomic mass is 32.2. The minimum atomic E-state index is 0.878. The summed E-state index contributed by atoms with van der Waals surface area (Å²) in [5, 5.41) is 2.24. The largest absolute Gasteiger partial charge is 0.456 e. The fourth-order valence-corrected chi connectivity index (χ4v) is 10.0. The summed E-state index contributed by atoms with van der Waals surface area (Å²) in [5.41, 5.74) is 17.7. The Bertz CT molecular complexity index is 3420. The van der Waals surface area contributed by atoms with Crippen molar-refractivity contribution in [2.24, 2.45) is 0 Å². The van der Waals surface area contributed by atoms with Gasteiger partial charge in [0.15, 0.2) is 0 Å². The molecule has 0 unspecified atom stereocenters. The molecule has 0 saturated heterocycles. The Balaban J connectivity index is 1.13. The van der Waals surface area contributed by atoms with E-state index < -0.39 is 0 Å². The Morgan fingerprint density at radius 1 is 0.373 bits per heavy atom. The zero-order chi connectivity index (χ0) is 38.9. The van der Waals surface area contributed by atoms with Crippen LogP contribution in [0.2, 0.25) is 0 Å². The molecule has 2 aromatic heterocycles. The molecule has 0 fully saturated rings. The molecule has 0 aliphatic carbocycles. The van der Waals surface area contributed by atoms with Gasteiger partial charge in [-0.2, -0.15) is 0 Å². The first-order valence-electron chi connectivity index (χ1n) is 19.9. The van der Waals surface area contributed by atoms with Crippen LogP contribution in [0.1, 0.15) is 0 Å². The number of furan rings is 1. The summed E-state index contributed by atoms with van der Waals surface area (Å²) in [6.45, 7) is 0. The average molecular weight is 771 g/mol. The molecular weight excluding hydrogens is 737 g/mol. The molecule has 0 amide bonds. The number of fused-ring (bicyclic) bond motifs is 13. The lowest BCUT2D eigenvalue weighted by molar-refractivity contribution is 0.669. The molecule has 59 heavy (non-hydrogen) atoms. The summed E-state index contributed by atoms with van der Waals surface area (Å²) in [7, 11) is 0. The van der Waals surface area contributed by atoms with Gasteiger partial charge >= 0.3 is 0 Å². The van der Waals surface area contributed by atoms with Crippen molar-refractivity contribution in [3.05, 3.63) is 206 Å². The number of rotatable bonds is 3. The number of hydrogen-bond donors (Lipinski definition) is 0. The molecule has 0 N–H and O–H groups in total. The molecule has 4 heteroatoms. The molecule has 0 saturated carbocycles. The highest BCUT2D eigenvalue weighted by Gasteiger charge is 2.24. The van der Waals surface area contributed by atoms with Gasteiger partial charge in [-0.05, 0) is 110 Å². The second kappa shape index (κ2) is 13.6. The maximum Gasteiger partial charge on any atom is 0.145 e. The van der Waals surface area contributed by atoms with Crippen LogP contribution in [0.15, 0.2) is 220 Å². The van der Waals surface area contributed by atoms with Crippen LogP contribution in [0.25, 0.3) is 106 Å². The SMILES string of the molecule is c1ccc(-c2nc3cc(-c4ccc5c(c4)-c4cc6oc7ccccc7c6cc4Sc4ccccc4-c4ccccc4-c4ccccc4-5)ccc3n2-c2ccccc2)cc1. The van der Waals surface area contributed by atoms with Gasteiger partial charge in [-0.25, -0.2) is 4.98 Å². The second-order valence-corrected chi connectivity index (χ2v) is 16.2. The number of hydrogen-bond acceptors (Lipinski definition) is 3. The molecule has 11 aromatic rings. The third-order valence-electron chi connectivity index (χ3n) is 11.7. The van der Waals surface area contributed by atoms with Crippen LogP contribution in [0, 0.1) is 0 Å². The molecule has 0 atom stereocenters. The quantitative estimate of drug-likeness (QED) is 0.179. The van der Waals surface area contributed by atoms with Crippen LogP contribution in [0.3, 0.4) is 0 Å². The fraction of sp³-hybridized carbons (Fsp3) is 0. The third kappa shape index (κ3) is 5.56.